The van der Waals surface area contributed by atoms with Gasteiger partial charge in [0, 0.05) is 48.5 Å². The highest BCUT2D eigenvalue weighted by molar-refractivity contribution is 6.16. The SMILES string of the molecule is CC(C)(C)OC(=O)N[C@@H](Cc1c[nH]c2ccccc12)C(=O)N[C@H]1CCCN2C(=O)N(c3ccncc3)C(=O)C[C@H]12. The predicted octanol–water partition coefficient (Wildman–Crippen LogP) is 3.50. The molecule has 3 atom stereocenters. The maximum atomic E-state index is 13.7. The normalized spacial score (nSPS) is 20.2. The smallest absolute Gasteiger partial charge is 0.408 e. The topological polar surface area (TPSA) is 137 Å². The third kappa shape index (κ3) is 5.78. The van der Waals surface area contributed by atoms with Gasteiger partial charge in [-0.3, -0.25) is 14.6 Å². The van der Waals surface area contributed by atoms with Crippen LogP contribution in [0.3, 0.4) is 0 Å². The number of benzene rings is 1. The molecule has 2 aliphatic heterocycles. The fourth-order valence-corrected chi connectivity index (χ4v) is 5.43. The van der Waals surface area contributed by atoms with E-state index in [4.69, 9.17) is 4.74 Å². The lowest BCUT2D eigenvalue weighted by molar-refractivity contribution is -0.126. The van der Waals surface area contributed by atoms with Crippen LogP contribution in [0.5, 0.6) is 0 Å². The molecule has 210 valence electrons. The van der Waals surface area contributed by atoms with Gasteiger partial charge in [-0.1, -0.05) is 18.2 Å². The number of pyridine rings is 1. The first-order valence-corrected chi connectivity index (χ1v) is 13.5. The molecule has 0 unspecified atom stereocenters. The molecule has 5 rings (SSSR count). The van der Waals surface area contributed by atoms with E-state index >= 15 is 0 Å². The maximum Gasteiger partial charge on any atom is 0.408 e. The van der Waals surface area contributed by atoms with Crippen molar-refractivity contribution in [3.05, 3.63) is 60.6 Å². The molecule has 0 aliphatic carbocycles. The third-order valence-electron chi connectivity index (χ3n) is 7.20. The number of urea groups is 1. The van der Waals surface area contributed by atoms with Crippen LogP contribution >= 0.6 is 0 Å². The Hall–Kier alpha value is -4.41. The van der Waals surface area contributed by atoms with E-state index in [9.17, 15) is 19.2 Å². The number of piperidine rings is 1. The second-order valence-corrected chi connectivity index (χ2v) is 11.2. The largest absolute Gasteiger partial charge is 0.444 e. The quantitative estimate of drug-likeness (QED) is 0.433. The molecule has 11 heteroatoms. The van der Waals surface area contributed by atoms with Gasteiger partial charge in [0.2, 0.25) is 11.8 Å². The van der Waals surface area contributed by atoms with Gasteiger partial charge in [-0.25, -0.2) is 14.5 Å². The highest BCUT2D eigenvalue weighted by atomic mass is 16.6. The number of aromatic amines is 1. The highest BCUT2D eigenvalue weighted by Crippen LogP contribution is 2.30. The Kier molecular flexibility index (Phi) is 7.46. The van der Waals surface area contributed by atoms with E-state index < -0.39 is 41.8 Å². The molecular formula is C29H34N6O5. The average molecular weight is 547 g/mol. The first-order valence-electron chi connectivity index (χ1n) is 13.5. The summed E-state index contributed by atoms with van der Waals surface area (Å²) in [7, 11) is 0. The van der Waals surface area contributed by atoms with E-state index in [1.807, 2.05) is 30.5 Å². The molecule has 0 bridgehead atoms. The lowest BCUT2D eigenvalue weighted by Gasteiger charge is -2.46. The number of imide groups is 1. The van der Waals surface area contributed by atoms with Gasteiger partial charge in [-0.2, -0.15) is 0 Å². The second kappa shape index (κ2) is 11.0. The Labute approximate surface area is 232 Å². The number of carbonyl (C=O) groups excluding carboxylic acids is 4. The molecule has 1 aromatic carbocycles. The summed E-state index contributed by atoms with van der Waals surface area (Å²) in [5.74, 6) is -0.736. The van der Waals surface area contributed by atoms with Gasteiger partial charge in [0.05, 0.1) is 18.2 Å². The number of ether oxygens (including phenoxy) is 1. The summed E-state index contributed by atoms with van der Waals surface area (Å²) < 4.78 is 5.44. The molecule has 0 radical (unpaired) electrons. The number of carbonyl (C=O) groups is 4. The molecule has 2 fully saturated rings. The van der Waals surface area contributed by atoms with Crippen LogP contribution in [0.2, 0.25) is 0 Å². The average Bonchev–Trinajstić information content (AvgIpc) is 3.31. The van der Waals surface area contributed by atoms with Gasteiger partial charge in [-0.05, 0) is 57.4 Å². The number of nitrogens with one attached hydrogen (secondary N) is 3. The Balaban J connectivity index is 1.34. The fourth-order valence-electron chi connectivity index (χ4n) is 5.43. The fraction of sp³-hybridized carbons (Fsp3) is 0.414. The summed E-state index contributed by atoms with van der Waals surface area (Å²) in [6, 6.07) is 8.71. The van der Waals surface area contributed by atoms with E-state index in [2.05, 4.69) is 20.6 Å². The number of rotatable bonds is 6. The van der Waals surface area contributed by atoms with Crippen molar-refractivity contribution in [3.63, 3.8) is 0 Å². The van der Waals surface area contributed by atoms with Crippen molar-refractivity contribution in [1.29, 1.82) is 0 Å². The molecule has 2 aromatic heterocycles. The van der Waals surface area contributed by atoms with Gasteiger partial charge in [0.1, 0.15) is 11.6 Å². The maximum absolute atomic E-state index is 13.7. The van der Waals surface area contributed by atoms with E-state index in [0.717, 1.165) is 16.5 Å². The van der Waals surface area contributed by atoms with Crippen LogP contribution in [0.25, 0.3) is 10.9 Å². The second-order valence-electron chi connectivity index (χ2n) is 11.2. The Morgan fingerprint density at radius 2 is 1.90 bits per heavy atom. The van der Waals surface area contributed by atoms with Crippen LogP contribution in [0.15, 0.2) is 55.0 Å². The van der Waals surface area contributed by atoms with Crippen LogP contribution in [-0.4, -0.2) is 69.1 Å². The number of aromatic nitrogens is 2. The first kappa shape index (κ1) is 27.2. The number of fused-ring (bicyclic) bond motifs is 2. The summed E-state index contributed by atoms with van der Waals surface area (Å²) in [4.78, 5) is 62.9. The minimum atomic E-state index is -0.937. The number of hydrogen-bond acceptors (Lipinski definition) is 6. The van der Waals surface area contributed by atoms with E-state index in [0.29, 0.717) is 25.1 Å². The molecule has 2 aliphatic rings. The summed E-state index contributed by atoms with van der Waals surface area (Å²) in [5.41, 5.74) is 1.53. The van der Waals surface area contributed by atoms with Gasteiger partial charge in [0.15, 0.2) is 0 Å². The summed E-state index contributed by atoms with van der Waals surface area (Å²) >= 11 is 0. The standard InChI is InChI=1S/C29H34N6O5/c1-29(2,3)40-27(38)33-23(15-18-17-31-21-8-5-4-7-20(18)21)26(37)32-22-9-6-14-34-24(22)16-25(36)35(28(34)39)19-10-12-30-13-11-19/h4-5,7-8,10-13,17,22-24,31H,6,9,14-16H2,1-3H3,(H,32,37)(H,33,38)/t22-,23-,24+/m0/s1. The first-order chi connectivity index (χ1) is 19.1. The number of alkyl carbamates (subject to hydrolysis) is 1. The number of nitrogens with zero attached hydrogens (tertiary/aromatic N) is 3. The highest BCUT2D eigenvalue weighted by Gasteiger charge is 2.45. The van der Waals surface area contributed by atoms with Crippen LogP contribution in [0, 0.1) is 0 Å². The lowest BCUT2D eigenvalue weighted by atomic mass is 9.91. The van der Waals surface area contributed by atoms with Crippen LogP contribution < -0.4 is 15.5 Å². The molecule has 11 nitrogen and oxygen atoms in total. The Morgan fingerprint density at radius 3 is 2.65 bits per heavy atom. The van der Waals surface area contributed by atoms with Crippen molar-refractivity contribution in [1.82, 2.24) is 25.5 Å². The van der Waals surface area contributed by atoms with Gasteiger partial charge < -0.3 is 25.3 Å². The molecular weight excluding hydrogens is 512 g/mol. The monoisotopic (exact) mass is 546 g/mol. The molecule has 3 aromatic rings. The number of hydrogen-bond donors (Lipinski definition) is 3. The van der Waals surface area contributed by atoms with Crippen molar-refractivity contribution >= 4 is 40.5 Å². The summed E-state index contributed by atoms with van der Waals surface area (Å²) in [6.45, 7) is 5.75. The molecule has 2 saturated heterocycles. The van der Waals surface area contributed by atoms with Crippen LogP contribution in [-0.2, 0) is 20.7 Å². The van der Waals surface area contributed by atoms with Gasteiger partial charge in [-0.15, -0.1) is 0 Å². The van der Waals surface area contributed by atoms with Crippen molar-refractivity contribution in [2.24, 2.45) is 0 Å². The molecule has 0 spiro atoms. The lowest BCUT2D eigenvalue weighted by Crippen LogP contribution is -2.66. The zero-order chi connectivity index (χ0) is 28.4. The summed E-state index contributed by atoms with van der Waals surface area (Å²) in [5, 5.41) is 6.74. The van der Waals surface area contributed by atoms with Crippen molar-refractivity contribution in [3.8, 4) is 0 Å². The molecule has 3 N–H and O–H groups in total. The van der Waals surface area contributed by atoms with Crippen LogP contribution in [0.4, 0.5) is 15.3 Å². The van der Waals surface area contributed by atoms with Crippen molar-refractivity contribution < 1.29 is 23.9 Å². The predicted molar refractivity (Wildman–Crippen MR) is 149 cm³/mol. The molecule has 5 amide bonds. The number of anilines is 1. The molecule has 0 saturated carbocycles. The summed E-state index contributed by atoms with van der Waals surface area (Å²) in [6.07, 6.45) is 5.77. The van der Waals surface area contributed by atoms with Gasteiger partial charge >= 0.3 is 12.1 Å². The minimum Gasteiger partial charge on any atom is -0.444 e. The van der Waals surface area contributed by atoms with E-state index in [-0.39, 0.29) is 18.7 Å². The van der Waals surface area contributed by atoms with Crippen molar-refractivity contribution in [2.45, 2.75) is 70.2 Å². The number of H-pyrrole nitrogens is 1. The van der Waals surface area contributed by atoms with Crippen molar-refractivity contribution in [2.75, 3.05) is 11.4 Å². The minimum absolute atomic E-state index is 0.0750. The Bertz CT molecular complexity index is 1420. The van der Waals surface area contributed by atoms with Crippen LogP contribution in [0.1, 0.15) is 45.6 Å². The third-order valence-corrected chi connectivity index (χ3v) is 7.20. The van der Waals surface area contributed by atoms with Gasteiger partial charge in [0.25, 0.3) is 0 Å². The number of amides is 5. The number of para-hydroxylation sites is 1. The van der Waals surface area contributed by atoms with E-state index in [1.165, 1.54) is 17.3 Å². The zero-order valence-corrected chi connectivity index (χ0v) is 22.8. The molecule has 40 heavy (non-hydrogen) atoms. The zero-order valence-electron chi connectivity index (χ0n) is 22.8. The molecule has 4 heterocycles. The Morgan fingerprint density at radius 1 is 1.15 bits per heavy atom. The van der Waals surface area contributed by atoms with E-state index in [1.54, 1.807) is 37.8 Å².